The smallest absolute Gasteiger partial charge is 0.340 e. The third kappa shape index (κ3) is 4.06. The second-order valence-corrected chi connectivity index (χ2v) is 7.21. The van der Waals surface area contributed by atoms with Gasteiger partial charge in [0, 0.05) is 15.0 Å². The van der Waals surface area contributed by atoms with Crippen molar-refractivity contribution in [3.8, 4) is 0 Å². The van der Waals surface area contributed by atoms with E-state index in [1.807, 2.05) is 32.0 Å². The van der Waals surface area contributed by atoms with Crippen molar-refractivity contribution in [1.29, 1.82) is 0 Å². The minimum absolute atomic E-state index is 0.380. The van der Waals surface area contributed by atoms with Gasteiger partial charge >= 0.3 is 5.97 Å². The first-order chi connectivity index (χ1) is 10.4. The van der Waals surface area contributed by atoms with Crippen LogP contribution in [0, 0.1) is 13.8 Å². The lowest BCUT2D eigenvalue weighted by Gasteiger charge is -2.12. The molecule has 0 radical (unpaired) electrons. The summed E-state index contributed by atoms with van der Waals surface area (Å²) in [5.41, 5.74) is 2.46. The third-order valence-corrected chi connectivity index (χ3v) is 4.59. The summed E-state index contributed by atoms with van der Waals surface area (Å²) >= 11 is 10.2. The highest BCUT2D eigenvalue weighted by atomic mass is 79.9. The maximum atomic E-state index is 11.8. The number of thiocarbonyl (C=S) groups is 1. The number of anilines is 2. The number of thiophene rings is 1. The molecule has 0 aliphatic carbocycles. The number of esters is 1. The van der Waals surface area contributed by atoms with E-state index in [-0.39, 0.29) is 5.97 Å². The summed E-state index contributed by atoms with van der Waals surface area (Å²) in [6, 6.07) is 7.66. The number of carbonyl (C=O) groups is 1. The van der Waals surface area contributed by atoms with Gasteiger partial charge in [-0.05, 0) is 55.9 Å². The van der Waals surface area contributed by atoms with E-state index in [1.165, 1.54) is 18.4 Å². The zero-order chi connectivity index (χ0) is 16.3. The standard InChI is InChI=1S/C15H15BrN2O2S2/c1-8-6-10(16)4-5-12(8)17-15(21)18-13-11(14(19)20-3)7-9(2)22-13/h4-7H,1-3H3,(H2,17,18,21). The molecule has 116 valence electrons. The number of halogens is 1. The van der Waals surface area contributed by atoms with E-state index < -0.39 is 0 Å². The average Bonchev–Trinajstić information content (AvgIpc) is 2.81. The van der Waals surface area contributed by atoms with E-state index in [0.717, 1.165) is 20.6 Å². The molecule has 4 nitrogen and oxygen atoms in total. The van der Waals surface area contributed by atoms with Crippen LogP contribution in [-0.2, 0) is 4.74 Å². The maximum Gasteiger partial charge on any atom is 0.340 e. The molecule has 0 fully saturated rings. The highest BCUT2D eigenvalue weighted by molar-refractivity contribution is 9.10. The Labute approximate surface area is 147 Å². The molecule has 0 amide bonds. The van der Waals surface area contributed by atoms with Crippen molar-refractivity contribution in [2.45, 2.75) is 13.8 Å². The van der Waals surface area contributed by atoms with E-state index in [4.69, 9.17) is 17.0 Å². The first-order valence-electron chi connectivity index (χ1n) is 6.43. The summed E-state index contributed by atoms with van der Waals surface area (Å²) < 4.78 is 5.79. The van der Waals surface area contributed by atoms with Crippen molar-refractivity contribution in [1.82, 2.24) is 0 Å². The van der Waals surface area contributed by atoms with Crippen LogP contribution in [0.2, 0.25) is 0 Å². The van der Waals surface area contributed by atoms with Crippen LogP contribution < -0.4 is 10.6 Å². The number of benzene rings is 1. The first kappa shape index (κ1) is 16.9. The fourth-order valence-electron chi connectivity index (χ4n) is 1.89. The fraction of sp³-hybridized carbons (Fsp3) is 0.200. The zero-order valence-corrected chi connectivity index (χ0v) is 15.5. The van der Waals surface area contributed by atoms with Crippen LogP contribution in [0.1, 0.15) is 20.8 Å². The Balaban J connectivity index is 2.14. The average molecular weight is 399 g/mol. The Morgan fingerprint density at radius 1 is 1.27 bits per heavy atom. The second-order valence-electron chi connectivity index (χ2n) is 4.63. The van der Waals surface area contributed by atoms with Crippen LogP contribution >= 0.6 is 39.5 Å². The molecule has 0 aliphatic heterocycles. The summed E-state index contributed by atoms with van der Waals surface area (Å²) in [5.74, 6) is -0.380. The van der Waals surface area contributed by atoms with Gasteiger partial charge in [-0.3, -0.25) is 0 Å². The van der Waals surface area contributed by atoms with Crippen LogP contribution in [0.3, 0.4) is 0 Å². The number of methoxy groups -OCH3 is 1. The summed E-state index contributed by atoms with van der Waals surface area (Å²) in [6.45, 7) is 3.92. The Morgan fingerprint density at radius 2 is 2.00 bits per heavy atom. The van der Waals surface area contributed by atoms with Crippen molar-refractivity contribution in [3.05, 3.63) is 44.7 Å². The number of rotatable bonds is 3. The van der Waals surface area contributed by atoms with E-state index in [9.17, 15) is 4.79 Å². The minimum atomic E-state index is -0.380. The molecule has 0 unspecified atom stereocenters. The normalized spacial score (nSPS) is 10.2. The van der Waals surface area contributed by atoms with E-state index in [2.05, 4.69) is 26.6 Å². The van der Waals surface area contributed by atoms with Crippen molar-refractivity contribution in [2.24, 2.45) is 0 Å². The molecule has 7 heteroatoms. The van der Waals surface area contributed by atoms with Gasteiger partial charge in [0.25, 0.3) is 0 Å². The second kappa shape index (κ2) is 7.21. The molecular formula is C15H15BrN2O2S2. The lowest BCUT2D eigenvalue weighted by molar-refractivity contribution is 0.0602. The van der Waals surface area contributed by atoms with Gasteiger partial charge in [0.1, 0.15) is 5.00 Å². The third-order valence-electron chi connectivity index (χ3n) is 2.92. The zero-order valence-electron chi connectivity index (χ0n) is 12.3. The Hall–Kier alpha value is -1.44. The monoisotopic (exact) mass is 398 g/mol. The molecule has 0 atom stereocenters. The topological polar surface area (TPSA) is 50.4 Å². The van der Waals surface area contributed by atoms with Gasteiger partial charge in [-0.2, -0.15) is 0 Å². The lowest BCUT2D eigenvalue weighted by atomic mass is 10.2. The molecule has 1 aromatic carbocycles. The summed E-state index contributed by atoms with van der Waals surface area (Å²) in [7, 11) is 1.36. The number of ether oxygens (including phenoxy) is 1. The molecule has 0 saturated carbocycles. The van der Waals surface area contributed by atoms with Crippen LogP contribution in [-0.4, -0.2) is 18.2 Å². The highest BCUT2D eigenvalue weighted by Crippen LogP contribution is 2.28. The van der Waals surface area contributed by atoms with E-state index in [1.54, 1.807) is 6.07 Å². The van der Waals surface area contributed by atoms with Crippen molar-refractivity contribution in [2.75, 3.05) is 17.7 Å². The van der Waals surface area contributed by atoms with Gasteiger partial charge in [0.05, 0.1) is 12.7 Å². The van der Waals surface area contributed by atoms with Gasteiger partial charge in [-0.1, -0.05) is 15.9 Å². The SMILES string of the molecule is COC(=O)c1cc(C)sc1NC(=S)Nc1ccc(Br)cc1C. The number of hydrogen-bond donors (Lipinski definition) is 2. The highest BCUT2D eigenvalue weighted by Gasteiger charge is 2.16. The Kier molecular flexibility index (Phi) is 5.55. The predicted molar refractivity (Wildman–Crippen MR) is 99.1 cm³/mol. The van der Waals surface area contributed by atoms with Crippen molar-refractivity contribution < 1.29 is 9.53 Å². The quantitative estimate of drug-likeness (QED) is 0.578. The van der Waals surface area contributed by atoms with Gasteiger partial charge in [0.2, 0.25) is 0 Å². The van der Waals surface area contributed by atoms with Crippen LogP contribution in [0.15, 0.2) is 28.7 Å². The minimum Gasteiger partial charge on any atom is -0.465 e. The molecule has 1 aromatic heterocycles. The van der Waals surface area contributed by atoms with E-state index in [0.29, 0.717) is 15.7 Å². The molecule has 1 heterocycles. The largest absolute Gasteiger partial charge is 0.465 e. The van der Waals surface area contributed by atoms with Gasteiger partial charge in [-0.25, -0.2) is 4.79 Å². The molecule has 2 rings (SSSR count). The van der Waals surface area contributed by atoms with Crippen molar-refractivity contribution in [3.63, 3.8) is 0 Å². The summed E-state index contributed by atoms with van der Waals surface area (Å²) in [6.07, 6.45) is 0. The molecule has 0 saturated heterocycles. The maximum absolute atomic E-state index is 11.8. The fourth-order valence-corrected chi connectivity index (χ4v) is 3.55. The molecule has 2 N–H and O–H groups in total. The first-order valence-corrected chi connectivity index (χ1v) is 8.45. The van der Waals surface area contributed by atoms with Crippen LogP contribution in [0.5, 0.6) is 0 Å². The molecule has 0 spiro atoms. The number of carbonyl (C=O) groups excluding carboxylic acids is 1. The Bertz CT molecular complexity index is 728. The van der Waals surface area contributed by atoms with Gasteiger partial charge in [0.15, 0.2) is 5.11 Å². The summed E-state index contributed by atoms with van der Waals surface area (Å²) in [5, 5.41) is 7.30. The molecule has 0 aliphatic rings. The molecule has 0 bridgehead atoms. The molecule has 22 heavy (non-hydrogen) atoms. The summed E-state index contributed by atoms with van der Waals surface area (Å²) in [4.78, 5) is 12.8. The van der Waals surface area contributed by atoms with Crippen molar-refractivity contribution >= 4 is 61.3 Å². The number of nitrogens with one attached hydrogen (secondary N) is 2. The number of aryl methyl sites for hydroxylation is 2. The van der Waals surface area contributed by atoms with Crippen LogP contribution in [0.25, 0.3) is 0 Å². The van der Waals surface area contributed by atoms with Crippen LogP contribution in [0.4, 0.5) is 10.7 Å². The predicted octanol–water partition coefficient (Wildman–Crippen LogP) is 4.72. The van der Waals surface area contributed by atoms with Gasteiger partial charge in [-0.15, -0.1) is 11.3 Å². The lowest BCUT2D eigenvalue weighted by Crippen LogP contribution is -2.20. The molecular weight excluding hydrogens is 384 g/mol. The van der Waals surface area contributed by atoms with Gasteiger partial charge < -0.3 is 15.4 Å². The molecule has 2 aromatic rings. The number of hydrogen-bond acceptors (Lipinski definition) is 4. The van der Waals surface area contributed by atoms with E-state index >= 15 is 0 Å². The Morgan fingerprint density at radius 3 is 2.64 bits per heavy atom.